The zero-order valence-corrected chi connectivity index (χ0v) is 15.6. The summed E-state index contributed by atoms with van der Waals surface area (Å²) < 4.78 is 1.70. The Morgan fingerprint density at radius 3 is 2.74 bits per heavy atom. The SMILES string of the molecule is CN(C)C(=O)C1CN(C(=O)c2nccc3ccccc23)Cc2cn(C)nc21. The second-order valence-electron chi connectivity index (χ2n) is 7.06. The second kappa shape index (κ2) is 6.50. The van der Waals surface area contributed by atoms with E-state index in [1.54, 1.807) is 34.8 Å². The van der Waals surface area contributed by atoms with E-state index in [4.69, 9.17) is 0 Å². The molecule has 0 fully saturated rings. The van der Waals surface area contributed by atoms with Gasteiger partial charge in [0, 0.05) is 57.6 Å². The van der Waals surface area contributed by atoms with Gasteiger partial charge in [-0.25, -0.2) is 0 Å². The van der Waals surface area contributed by atoms with E-state index < -0.39 is 5.92 Å². The van der Waals surface area contributed by atoms with Crippen LogP contribution in [0.15, 0.2) is 42.7 Å². The van der Waals surface area contributed by atoms with Crippen molar-refractivity contribution in [1.29, 1.82) is 0 Å². The summed E-state index contributed by atoms with van der Waals surface area (Å²) in [7, 11) is 5.27. The number of benzene rings is 1. The number of hydrogen-bond acceptors (Lipinski definition) is 4. The van der Waals surface area contributed by atoms with Crippen LogP contribution in [0, 0.1) is 0 Å². The lowest BCUT2D eigenvalue weighted by molar-refractivity contribution is -0.130. The van der Waals surface area contributed by atoms with Gasteiger partial charge < -0.3 is 9.80 Å². The highest BCUT2D eigenvalue weighted by atomic mass is 16.2. The van der Waals surface area contributed by atoms with Gasteiger partial charge in [-0.1, -0.05) is 24.3 Å². The Labute approximate surface area is 157 Å². The summed E-state index contributed by atoms with van der Waals surface area (Å²) in [5, 5.41) is 6.25. The average Bonchev–Trinajstić information content (AvgIpc) is 3.05. The fourth-order valence-corrected chi connectivity index (χ4v) is 3.65. The van der Waals surface area contributed by atoms with E-state index in [0.717, 1.165) is 22.0 Å². The predicted molar refractivity (Wildman–Crippen MR) is 101 cm³/mol. The number of likely N-dealkylation sites (N-methyl/N-ethyl adjacent to an activating group) is 1. The lowest BCUT2D eigenvalue weighted by Gasteiger charge is -2.32. The number of amides is 2. The Hall–Kier alpha value is -3.22. The molecule has 1 aliphatic rings. The number of aromatic nitrogens is 3. The van der Waals surface area contributed by atoms with Gasteiger partial charge in [-0.2, -0.15) is 5.10 Å². The van der Waals surface area contributed by atoms with E-state index in [0.29, 0.717) is 18.8 Å². The molecule has 1 unspecified atom stereocenters. The molecule has 0 spiro atoms. The van der Waals surface area contributed by atoms with Crippen molar-refractivity contribution < 1.29 is 9.59 Å². The molecule has 27 heavy (non-hydrogen) atoms. The minimum Gasteiger partial charge on any atom is -0.348 e. The van der Waals surface area contributed by atoms with Gasteiger partial charge in [-0.05, 0) is 11.5 Å². The third kappa shape index (κ3) is 2.95. The number of fused-ring (bicyclic) bond motifs is 2. The third-order valence-electron chi connectivity index (χ3n) is 4.93. The van der Waals surface area contributed by atoms with E-state index in [1.807, 2.05) is 43.6 Å². The number of aryl methyl sites for hydroxylation is 1. The molecule has 0 radical (unpaired) electrons. The van der Waals surface area contributed by atoms with Crippen LogP contribution in [-0.2, 0) is 18.4 Å². The van der Waals surface area contributed by atoms with Crippen LogP contribution in [0.4, 0.5) is 0 Å². The Morgan fingerprint density at radius 1 is 1.19 bits per heavy atom. The van der Waals surface area contributed by atoms with Crippen LogP contribution < -0.4 is 0 Å². The molecule has 1 aliphatic heterocycles. The van der Waals surface area contributed by atoms with Gasteiger partial charge in [0.2, 0.25) is 5.91 Å². The topological polar surface area (TPSA) is 71.3 Å². The van der Waals surface area contributed by atoms with Crippen molar-refractivity contribution in [2.24, 2.45) is 7.05 Å². The van der Waals surface area contributed by atoms with Crippen LogP contribution in [0.25, 0.3) is 10.8 Å². The van der Waals surface area contributed by atoms with Crippen molar-refractivity contribution in [2.75, 3.05) is 20.6 Å². The fourth-order valence-electron chi connectivity index (χ4n) is 3.65. The Balaban J connectivity index is 1.74. The molecule has 0 aliphatic carbocycles. The molecule has 7 heteroatoms. The largest absolute Gasteiger partial charge is 0.348 e. The number of carbonyl (C=O) groups is 2. The van der Waals surface area contributed by atoms with Crippen molar-refractivity contribution in [3.05, 3.63) is 59.7 Å². The van der Waals surface area contributed by atoms with Crippen molar-refractivity contribution in [3.63, 3.8) is 0 Å². The molecule has 0 saturated heterocycles. The molecule has 4 rings (SSSR count). The predicted octanol–water partition coefficient (Wildman–Crippen LogP) is 1.80. The fraction of sp³-hybridized carbons (Fsp3) is 0.300. The van der Waals surface area contributed by atoms with Gasteiger partial charge in [0.25, 0.3) is 5.91 Å². The first-order valence-corrected chi connectivity index (χ1v) is 8.82. The van der Waals surface area contributed by atoms with Crippen molar-refractivity contribution in [3.8, 4) is 0 Å². The van der Waals surface area contributed by atoms with Gasteiger partial charge >= 0.3 is 0 Å². The molecule has 2 amide bonds. The van der Waals surface area contributed by atoms with Gasteiger partial charge in [0.15, 0.2) is 0 Å². The van der Waals surface area contributed by atoms with Gasteiger partial charge in [-0.3, -0.25) is 19.3 Å². The van der Waals surface area contributed by atoms with Gasteiger partial charge in [-0.15, -0.1) is 0 Å². The van der Waals surface area contributed by atoms with Crippen LogP contribution in [0.5, 0.6) is 0 Å². The number of rotatable bonds is 2. The molecule has 1 aromatic carbocycles. The summed E-state index contributed by atoms with van der Waals surface area (Å²) >= 11 is 0. The molecule has 7 nitrogen and oxygen atoms in total. The minimum atomic E-state index is -0.469. The summed E-state index contributed by atoms with van der Waals surface area (Å²) in [5.41, 5.74) is 2.07. The molecular formula is C20H21N5O2. The number of carbonyl (C=O) groups excluding carboxylic acids is 2. The maximum absolute atomic E-state index is 13.3. The molecule has 3 heterocycles. The lowest BCUT2D eigenvalue weighted by atomic mass is 9.94. The van der Waals surface area contributed by atoms with Crippen LogP contribution in [0.1, 0.15) is 27.7 Å². The smallest absolute Gasteiger partial charge is 0.273 e. The van der Waals surface area contributed by atoms with E-state index in [9.17, 15) is 9.59 Å². The molecule has 1 atom stereocenters. The van der Waals surface area contributed by atoms with Crippen LogP contribution in [0.2, 0.25) is 0 Å². The zero-order chi connectivity index (χ0) is 19.1. The maximum atomic E-state index is 13.3. The van der Waals surface area contributed by atoms with Gasteiger partial charge in [0.05, 0.1) is 5.69 Å². The van der Waals surface area contributed by atoms with Crippen LogP contribution in [0.3, 0.4) is 0 Å². The Morgan fingerprint density at radius 2 is 1.96 bits per heavy atom. The highest BCUT2D eigenvalue weighted by molar-refractivity contribution is 6.05. The standard InChI is InChI=1S/C20H21N5O2/c1-23(2)19(26)16-12-25(11-14-10-24(3)22-17(14)16)20(27)18-15-7-5-4-6-13(15)8-9-21-18/h4-10,16H,11-12H2,1-3H3. The average molecular weight is 363 g/mol. The summed E-state index contributed by atoms with van der Waals surface area (Å²) in [6.07, 6.45) is 3.53. The van der Waals surface area contributed by atoms with Crippen LogP contribution >= 0.6 is 0 Å². The molecule has 0 saturated carbocycles. The van der Waals surface area contributed by atoms with Crippen molar-refractivity contribution in [1.82, 2.24) is 24.6 Å². The molecule has 0 bridgehead atoms. The molecule has 0 N–H and O–H groups in total. The Bertz CT molecular complexity index is 1030. The summed E-state index contributed by atoms with van der Waals surface area (Å²) in [5.74, 6) is -0.694. The van der Waals surface area contributed by atoms with Crippen LogP contribution in [-0.4, -0.2) is 57.0 Å². The molecule has 2 aromatic heterocycles. The first-order chi connectivity index (χ1) is 13.0. The summed E-state index contributed by atoms with van der Waals surface area (Å²) in [6.45, 7) is 0.717. The second-order valence-corrected chi connectivity index (χ2v) is 7.06. The monoisotopic (exact) mass is 363 g/mol. The molecular weight excluding hydrogens is 342 g/mol. The first kappa shape index (κ1) is 17.2. The third-order valence-corrected chi connectivity index (χ3v) is 4.93. The molecule has 138 valence electrons. The van der Waals surface area contributed by atoms with Crippen molar-refractivity contribution in [2.45, 2.75) is 12.5 Å². The van der Waals surface area contributed by atoms with E-state index in [1.165, 1.54) is 0 Å². The number of nitrogens with zero attached hydrogens (tertiary/aromatic N) is 5. The summed E-state index contributed by atoms with van der Waals surface area (Å²) in [6, 6.07) is 9.58. The number of pyridine rings is 1. The zero-order valence-electron chi connectivity index (χ0n) is 15.6. The van der Waals surface area contributed by atoms with E-state index >= 15 is 0 Å². The van der Waals surface area contributed by atoms with Gasteiger partial charge in [0.1, 0.15) is 11.6 Å². The maximum Gasteiger partial charge on any atom is 0.273 e. The van der Waals surface area contributed by atoms with E-state index in [-0.39, 0.29) is 11.8 Å². The van der Waals surface area contributed by atoms with Crippen molar-refractivity contribution >= 4 is 22.6 Å². The highest BCUT2D eigenvalue weighted by Gasteiger charge is 2.36. The quantitative estimate of drug-likeness (QED) is 0.696. The van der Waals surface area contributed by atoms with E-state index in [2.05, 4.69) is 10.1 Å². The Kier molecular flexibility index (Phi) is 4.14. The minimum absolute atomic E-state index is 0.0571. The summed E-state index contributed by atoms with van der Waals surface area (Å²) in [4.78, 5) is 33.6. The number of hydrogen-bond donors (Lipinski definition) is 0. The normalized spacial score (nSPS) is 16.3. The highest BCUT2D eigenvalue weighted by Crippen LogP contribution is 2.30. The first-order valence-electron chi connectivity index (χ1n) is 8.82. The molecule has 3 aromatic rings. The lowest BCUT2D eigenvalue weighted by Crippen LogP contribution is -2.43.